The molecule has 1 saturated heterocycles. The summed E-state index contributed by atoms with van der Waals surface area (Å²) in [6.07, 6.45) is 4.03. The minimum Gasteiger partial charge on any atom is -0.313 e. The molecule has 1 N–H and O–H groups in total. The lowest BCUT2D eigenvalue weighted by Crippen LogP contribution is -2.40. The Balaban J connectivity index is 2.21. The molecule has 1 fully saturated rings. The third-order valence-corrected chi connectivity index (χ3v) is 3.24. The highest BCUT2D eigenvalue weighted by Crippen LogP contribution is 2.12. The summed E-state index contributed by atoms with van der Waals surface area (Å²) < 4.78 is 0. The van der Waals surface area contributed by atoms with Gasteiger partial charge in [0.1, 0.15) is 0 Å². The van der Waals surface area contributed by atoms with Crippen molar-refractivity contribution in [1.29, 1.82) is 0 Å². The molecule has 0 aromatic carbocycles. The fourth-order valence-corrected chi connectivity index (χ4v) is 2.30. The van der Waals surface area contributed by atoms with E-state index in [0.717, 1.165) is 18.0 Å². The Labute approximate surface area is 89.1 Å². The molecular formula is C12H26N2. The largest absolute Gasteiger partial charge is 0.313 e. The van der Waals surface area contributed by atoms with Crippen LogP contribution in [0.2, 0.25) is 0 Å². The number of hydrogen-bond acceptors (Lipinski definition) is 2. The van der Waals surface area contributed by atoms with E-state index in [9.17, 15) is 0 Å². The van der Waals surface area contributed by atoms with Gasteiger partial charge in [-0.2, -0.15) is 0 Å². The van der Waals surface area contributed by atoms with E-state index in [4.69, 9.17) is 0 Å². The average molecular weight is 198 g/mol. The molecule has 0 aromatic rings. The van der Waals surface area contributed by atoms with Gasteiger partial charge in [0, 0.05) is 18.6 Å². The van der Waals surface area contributed by atoms with Gasteiger partial charge in [0.15, 0.2) is 0 Å². The summed E-state index contributed by atoms with van der Waals surface area (Å²) in [4.78, 5) is 2.50. The summed E-state index contributed by atoms with van der Waals surface area (Å²) in [6.45, 7) is 9.39. The van der Waals surface area contributed by atoms with Gasteiger partial charge in [-0.1, -0.05) is 13.8 Å². The second-order valence-corrected chi connectivity index (χ2v) is 5.21. The summed E-state index contributed by atoms with van der Waals surface area (Å²) in [5.41, 5.74) is 0. The first kappa shape index (κ1) is 12.0. The maximum absolute atomic E-state index is 3.55. The summed E-state index contributed by atoms with van der Waals surface area (Å²) in [7, 11) is 2.26. The van der Waals surface area contributed by atoms with E-state index < -0.39 is 0 Å². The first-order chi connectivity index (χ1) is 6.59. The second-order valence-electron chi connectivity index (χ2n) is 5.21. The third-order valence-electron chi connectivity index (χ3n) is 3.24. The van der Waals surface area contributed by atoms with Crippen LogP contribution in [0.25, 0.3) is 0 Å². The van der Waals surface area contributed by atoms with Gasteiger partial charge in [-0.25, -0.2) is 0 Å². The Kier molecular flexibility index (Phi) is 4.90. The Bertz CT molecular complexity index is 150. The summed E-state index contributed by atoms with van der Waals surface area (Å²) in [5, 5.41) is 3.55. The predicted molar refractivity (Wildman–Crippen MR) is 62.6 cm³/mol. The normalized spacial score (nSPS) is 24.9. The fourth-order valence-electron chi connectivity index (χ4n) is 2.30. The van der Waals surface area contributed by atoms with Gasteiger partial charge in [0.25, 0.3) is 0 Å². The van der Waals surface area contributed by atoms with Crippen LogP contribution in [-0.2, 0) is 0 Å². The molecule has 84 valence electrons. The molecule has 0 aromatic heterocycles. The van der Waals surface area contributed by atoms with Crippen LogP contribution in [0.15, 0.2) is 0 Å². The van der Waals surface area contributed by atoms with Gasteiger partial charge < -0.3 is 10.2 Å². The van der Waals surface area contributed by atoms with E-state index in [1.54, 1.807) is 0 Å². The summed E-state index contributed by atoms with van der Waals surface area (Å²) in [5.74, 6) is 0.809. The highest BCUT2D eigenvalue weighted by Gasteiger charge is 2.18. The van der Waals surface area contributed by atoms with Crippen molar-refractivity contribution in [3.05, 3.63) is 0 Å². The Morgan fingerprint density at radius 1 is 1.36 bits per heavy atom. The molecule has 1 aliphatic heterocycles. The maximum atomic E-state index is 3.55. The van der Waals surface area contributed by atoms with Crippen LogP contribution >= 0.6 is 0 Å². The molecule has 0 aliphatic carbocycles. The molecule has 0 amide bonds. The Hall–Kier alpha value is -0.0800. The van der Waals surface area contributed by atoms with Gasteiger partial charge in [-0.3, -0.25) is 0 Å². The van der Waals surface area contributed by atoms with Crippen LogP contribution in [-0.4, -0.2) is 37.1 Å². The van der Waals surface area contributed by atoms with Crippen LogP contribution in [0.3, 0.4) is 0 Å². The van der Waals surface area contributed by atoms with Crippen LogP contribution in [0.5, 0.6) is 0 Å². The topological polar surface area (TPSA) is 15.3 Å². The van der Waals surface area contributed by atoms with Crippen LogP contribution in [0, 0.1) is 5.92 Å². The molecule has 0 bridgehead atoms. The van der Waals surface area contributed by atoms with Crippen molar-refractivity contribution in [2.45, 2.75) is 52.1 Å². The third kappa shape index (κ3) is 3.97. The predicted octanol–water partition coefficient (Wildman–Crippen LogP) is 2.10. The first-order valence-electron chi connectivity index (χ1n) is 6.03. The van der Waals surface area contributed by atoms with Gasteiger partial charge >= 0.3 is 0 Å². The van der Waals surface area contributed by atoms with Gasteiger partial charge in [0.05, 0.1) is 0 Å². The smallest absolute Gasteiger partial charge is 0.0195 e. The Morgan fingerprint density at radius 3 is 2.57 bits per heavy atom. The average Bonchev–Trinajstić information content (AvgIpc) is 2.55. The minimum absolute atomic E-state index is 0.720. The standard InChI is InChI=1S/C12H26N2/c1-10(2)8-11(3)14(4)9-12-6-5-7-13-12/h10-13H,5-9H2,1-4H3/t11?,12-/m1/s1. The van der Waals surface area contributed by atoms with Crippen molar-refractivity contribution in [1.82, 2.24) is 10.2 Å². The molecule has 0 radical (unpaired) electrons. The summed E-state index contributed by atoms with van der Waals surface area (Å²) in [6, 6.07) is 1.46. The second kappa shape index (κ2) is 5.72. The lowest BCUT2D eigenvalue weighted by molar-refractivity contribution is 0.210. The zero-order valence-electron chi connectivity index (χ0n) is 10.2. The van der Waals surface area contributed by atoms with E-state index in [1.807, 2.05) is 0 Å². The molecule has 1 unspecified atom stereocenters. The SMILES string of the molecule is CC(C)CC(C)N(C)C[C@H]1CCCN1. The summed E-state index contributed by atoms with van der Waals surface area (Å²) >= 11 is 0. The van der Waals surface area contributed by atoms with Gasteiger partial charge in [-0.05, 0) is 45.7 Å². The van der Waals surface area contributed by atoms with Crippen molar-refractivity contribution < 1.29 is 0 Å². The fraction of sp³-hybridized carbons (Fsp3) is 1.00. The lowest BCUT2D eigenvalue weighted by Gasteiger charge is -2.28. The zero-order chi connectivity index (χ0) is 10.6. The maximum Gasteiger partial charge on any atom is 0.0195 e. The monoisotopic (exact) mass is 198 g/mol. The molecule has 1 rings (SSSR count). The van der Waals surface area contributed by atoms with E-state index >= 15 is 0 Å². The molecule has 2 heteroatoms. The first-order valence-corrected chi connectivity index (χ1v) is 6.03. The number of nitrogens with one attached hydrogen (secondary N) is 1. The molecule has 2 nitrogen and oxygen atoms in total. The number of rotatable bonds is 5. The molecule has 1 aliphatic rings. The molecule has 0 saturated carbocycles. The van der Waals surface area contributed by atoms with Crippen LogP contribution in [0.4, 0.5) is 0 Å². The molecule has 14 heavy (non-hydrogen) atoms. The number of likely N-dealkylation sites (N-methyl/N-ethyl adjacent to an activating group) is 1. The molecule has 1 heterocycles. The van der Waals surface area contributed by atoms with E-state index in [-0.39, 0.29) is 0 Å². The Morgan fingerprint density at radius 2 is 2.07 bits per heavy atom. The van der Waals surface area contributed by atoms with Crippen LogP contribution < -0.4 is 5.32 Å². The van der Waals surface area contributed by atoms with Crippen molar-refractivity contribution in [3.8, 4) is 0 Å². The van der Waals surface area contributed by atoms with Crippen molar-refractivity contribution in [3.63, 3.8) is 0 Å². The quantitative estimate of drug-likeness (QED) is 0.728. The molecule has 0 spiro atoms. The van der Waals surface area contributed by atoms with Crippen molar-refractivity contribution >= 4 is 0 Å². The number of nitrogens with zero attached hydrogens (tertiary/aromatic N) is 1. The molecule has 2 atom stereocenters. The van der Waals surface area contributed by atoms with Crippen molar-refractivity contribution in [2.75, 3.05) is 20.1 Å². The van der Waals surface area contributed by atoms with Crippen LogP contribution in [0.1, 0.15) is 40.0 Å². The molecular weight excluding hydrogens is 172 g/mol. The highest BCUT2D eigenvalue weighted by molar-refractivity contribution is 4.78. The zero-order valence-corrected chi connectivity index (χ0v) is 10.2. The van der Waals surface area contributed by atoms with Crippen molar-refractivity contribution in [2.24, 2.45) is 5.92 Å². The van der Waals surface area contributed by atoms with Gasteiger partial charge in [-0.15, -0.1) is 0 Å². The number of hydrogen-bond donors (Lipinski definition) is 1. The van der Waals surface area contributed by atoms with E-state index in [2.05, 4.69) is 38.0 Å². The minimum atomic E-state index is 0.720. The van der Waals surface area contributed by atoms with E-state index in [0.29, 0.717) is 0 Å². The highest BCUT2D eigenvalue weighted by atomic mass is 15.2. The van der Waals surface area contributed by atoms with E-state index in [1.165, 1.54) is 32.4 Å². The lowest BCUT2D eigenvalue weighted by atomic mass is 10.0. The van der Waals surface area contributed by atoms with Gasteiger partial charge in [0.2, 0.25) is 0 Å².